The van der Waals surface area contributed by atoms with E-state index in [9.17, 15) is 0 Å². The minimum atomic E-state index is -0.0420. The van der Waals surface area contributed by atoms with E-state index in [1.54, 1.807) is 5.57 Å². The van der Waals surface area contributed by atoms with Gasteiger partial charge in [-0.3, -0.25) is 0 Å². The van der Waals surface area contributed by atoms with E-state index >= 15 is 0 Å². The van der Waals surface area contributed by atoms with Crippen LogP contribution in [0.2, 0.25) is 0 Å². The SMILES string of the molecule is C=C(N=C(N=C(C)c1cccc(-c2cccc3c2C(C)(C)C2=C3C=CCC2)c1)c1ccc2c(c1)oc1cc(-n3c4c(c5ccc(-c6ccccc6)cc53)CCC=C4)ccc12)c1ccccc1. The highest BCUT2D eigenvalue weighted by molar-refractivity contribution is 6.15. The molecule has 7 aromatic carbocycles. The van der Waals surface area contributed by atoms with Crippen molar-refractivity contribution < 1.29 is 4.42 Å². The van der Waals surface area contributed by atoms with Gasteiger partial charge in [0.1, 0.15) is 11.2 Å². The Hall–Kier alpha value is -7.82. The van der Waals surface area contributed by atoms with Gasteiger partial charge in [-0.2, -0.15) is 0 Å². The monoisotopic (exact) mass is 851 g/mol. The van der Waals surface area contributed by atoms with Gasteiger partial charge in [-0.05, 0) is 131 Å². The summed E-state index contributed by atoms with van der Waals surface area (Å²) in [5.41, 5.74) is 21.4. The largest absolute Gasteiger partial charge is 0.456 e. The molecule has 0 amide bonds. The number of furan rings is 1. The summed E-state index contributed by atoms with van der Waals surface area (Å²) in [5, 5.41) is 3.42. The summed E-state index contributed by atoms with van der Waals surface area (Å²) in [7, 11) is 0. The van der Waals surface area contributed by atoms with Gasteiger partial charge in [0.15, 0.2) is 5.84 Å². The summed E-state index contributed by atoms with van der Waals surface area (Å²) in [4.78, 5) is 10.5. The van der Waals surface area contributed by atoms with Gasteiger partial charge in [-0.25, -0.2) is 9.98 Å². The van der Waals surface area contributed by atoms with E-state index in [0.29, 0.717) is 11.5 Å². The van der Waals surface area contributed by atoms with Crippen LogP contribution in [0.4, 0.5) is 0 Å². The zero-order valence-corrected chi connectivity index (χ0v) is 37.6. The van der Waals surface area contributed by atoms with Gasteiger partial charge in [0.2, 0.25) is 0 Å². The van der Waals surface area contributed by atoms with E-state index in [0.717, 1.165) is 75.7 Å². The Labute approximate surface area is 386 Å². The Balaban J connectivity index is 0.941. The summed E-state index contributed by atoms with van der Waals surface area (Å²) < 4.78 is 9.21. The molecule has 3 aliphatic rings. The molecular weight excluding hydrogens is 803 g/mol. The molecule has 9 aromatic rings. The van der Waals surface area contributed by atoms with Crippen LogP contribution in [0.3, 0.4) is 0 Å². The van der Waals surface area contributed by atoms with Crippen molar-refractivity contribution in [3.05, 3.63) is 227 Å². The molecule has 4 nitrogen and oxygen atoms in total. The molecule has 0 bridgehead atoms. The average Bonchev–Trinajstić information content (AvgIpc) is 3.98. The predicted octanol–water partition coefficient (Wildman–Crippen LogP) is 16.1. The number of aromatic nitrogens is 1. The number of nitrogens with zero attached hydrogens (tertiary/aromatic N) is 3. The predicted molar refractivity (Wildman–Crippen MR) is 278 cm³/mol. The number of aliphatic imine (C=N–C) groups is 2. The molecule has 3 aliphatic carbocycles. The summed E-state index contributed by atoms with van der Waals surface area (Å²) >= 11 is 0. The number of aryl methyl sites for hydroxylation is 1. The molecule has 0 spiro atoms. The third-order valence-electron chi connectivity index (χ3n) is 14.1. The van der Waals surface area contributed by atoms with Crippen LogP contribution in [-0.4, -0.2) is 16.1 Å². The van der Waals surface area contributed by atoms with Crippen molar-refractivity contribution in [3.8, 4) is 27.9 Å². The second-order valence-electron chi connectivity index (χ2n) is 18.4. The molecule has 2 aromatic heterocycles. The summed E-state index contributed by atoms with van der Waals surface area (Å²) in [6, 6.07) is 56.2. The normalized spacial score (nSPS) is 15.4. The lowest BCUT2D eigenvalue weighted by Crippen LogP contribution is -2.19. The molecular formula is C62H49N3O. The number of hydrogen-bond acceptors (Lipinski definition) is 2. The standard InChI is InChI=1S/C62H49N3O/c1-39(41-17-7-5-8-18-41)63-61(64-40(2)43-21-15-22-45(35-43)48-25-16-26-54-49-23-11-13-27-55(49)62(3,4)60(48)54)46-30-33-52-53-34-31-47(38-59(53)66-58(52)37-46)65-56-28-14-12-24-50(56)51-32-29-44(36-57(51)65)42-19-9-6-10-20-42/h5-11,14-23,25-26,28-38H,1,12-13,24,27H2,2-4H3. The Bertz CT molecular complexity index is 3620. The molecule has 0 fully saturated rings. The van der Waals surface area contributed by atoms with Gasteiger partial charge >= 0.3 is 0 Å². The van der Waals surface area contributed by atoms with Crippen LogP contribution >= 0.6 is 0 Å². The Morgan fingerprint density at radius 2 is 1.29 bits per heavy atom. The topological polar surface area (TPSA) is 42.8 Å². The van der Waals surface area contributed by atoms with Crippen molar-refractivity contribution in [1.29, 1.82) is 0 Å². The molecule has 4 heteroatoms. The van der Waals surface area contributed by atoms with Crippen LogP contribution in [0, 0.1) is 0 Å². The molecule has 0 saturated heterocycles. The van der Waals surface area contributed by atoms with Gasteiger partial charge in [0.25, 0.3) is 0 Å². The van der Waals surface area contributed by atoms with E-state index in [2.05, 4.69) is 184 Å². The highest BCUT2D eigenvalue weighted by Crippen LogP contribution is 2.53. The minimum Gasteiger partial charge on any atom is -0.456 e. The van der Waals surface area contributed by atoms with Crippen LogP contribution < -0.4 is 0 Å². The van der Waals surface area contributed by atoms with Crippen LogP contribution in [0.25, 0.3) is 78.1 Å². The van der Waals surface area contributed by atoms with Crippen molar-refractivity contribution >= 4 is 61.7 Å². The Kier molecular flexibility index (Phi) is 9.46. The molecule has 0 unspecified atom stereocenters. The van der Waals surface area contributed by atoms with E-state index in [1.165, 1.54) is 61.1 Å². The smallest absolute Gasteiger partial charge is 0.160 e. The maximum atomic E-state index is 6.80. The van der Waals surface area contributed by atoms with Gasteiger partial charge in [0, 0.05) is 50.3 Å². The minimum absolute atomic E-state index is 0.0420. The first-order valence-corrected chi connectivity index (χ1v) is 23.2. The van der Waals surface area contributed by atoms with Gasteiger partial charge < -0.3 is 8.98 Å². The molecule has 0 N–H and O–H groups in total. The maximum Gasteiger partial charge on any atom is 0.160 e. The molecule has 2 heterocycles. The third kappa shape index (κ3) is 6.58. The quantitative estimate of drug-likeness (QED) is 0.116. The summed E-state index contributed by atoms with van der Waals surface area (Å²) in [6.07, 6.45) is 13.5. The number of rotatable bonds is 7. The molecule has 0 atom stereocenters. The van der Waals surface area contributed by atoms with Crippen molar-refractivity contribution in [2.24, 2.45) is 9.98 Å². The van der Waals surface area contributed by atoms with Crippen LogP contribution in [0.15, 0.2) is 203 Å². The van der Waals surface area contributed by atoms with Crippen LogP contribution in [-0.2, 0) is 11.8 Å². The number of hydrogen-bond donors (Lipinski definition) is 0. The lowest BCUT2D eigenvalue weighted by atomic mass is 9.76. The van der Waals surface area contributed by atoms with Gasteiger partial charge in [0.05, 0.1) is 11.2 Å². The first-order chi connectivity index (χ1) is 32.3. The fourth-order valence-corrected chi connectivity index (χ4v) is 10.9. The average molecular weight is 852 g/mol. The highest BCUT2D eigenvalue weighted by Gasteiger charge is 2.39. The molecule has 0 radical (unpaired) electrons. The van der Waals surface area contributed by atoms with E-state index < -0.39 is 0 Å². The molecule has 0 aliphatic heterocycles. The number of allylic oxidation sites excluding steroid dienone is 5. The van der Waals surface area contributed by atoms with Crippen LogP contribution in [0.1, 0.15) is 79.1 Å². The fourth-order valence-electron chi connectivity index (χ4n) is 10.9. The Morgan fingerprint density at radius 1 is 0.591 bits per heavy atom. The zero-order valence-electron chi connectivity index (χ0n) is 37.6. The first kappa shape index (κ1) is 39.7. The first-order valence-electron chi connectivity index (χ1n) is 23.2. The van der Waals surface area contributed by atoms with E-state index in [-0.39, 0.29) is 5.41 Å². The number of amidine groups is 1. The Morgan fingerprint density at radius 3 is 2.14 bits per heavy atom. The van der Waals surface area contributed by atoms with Crippen molar-refractivity contribution in [3.63, 3.8) is 0 Å². The summed E-state index contributed by atoms with van der Waals surface area (Å²) in [5.74, 6) is 0.576. The highest BCUT2D eigenvalue weighted by atomic mass is 16.3. The zero-order chi connectivity index (χ0) is 44.5. The lowest BCUT2D eigenvalue weighted by molar-refractivity contribution is 0.609. The molecule has 66 heavy (non-hydrogen) atoms. The maximum absolute atomic E-state index is 6.80. The van der Waals surface area contributed by atoms with Gasteiger partial charge in [-0.1, -0.05) is 159 Å². The second-order valence-corrected chi connectivity index (χ2v) is 18.4. The second kappa shape index (κ2) is 15.7. The van der Waals surface area contributed by atoms with Crippen LogP contribution in [0.5, 0.6) is 0 Å². The van der Waals surface area contributed by atoms with E-state index in [4.69, 9.17) is 14.4 Å². The fraction of sp³-hybridized carbons (Fsp3) is 0.129. The number of fused-ring (bicyclic) bond motifs is 8. The van der Waals surface area contributed by atoms with Crippen molar-refractivity contribution in [2.75, 3.05) is 0 Å². The molecule has 318 valence electrons. The third-order valence-corrected chi connectivity index (χ3v) is 14.1. The van der Waals surface area contributed by atoms with Crippen molar-refractivity contribution in [1.82, 2.24) is 4.57 Å². The van der Waals surface area contributed by atoms with E-state index in [1.807, 2.05) is 30.3 Å². The van der Waals surface area contributed by atoms with Crippen molar-refractivity contribution in [2.45, 2.75) is 51.9 Å². The summed E-state index contributed by atoms with van der Waals surface area (Å²) in [6.45, 7) is 11.3. The molecule has 0 saturated carbocycles. The lowest BCUT2D eigenvalue weighted by Gasteiger charge is -2.28. The molecule has 12 rings (SSSR count). The number of benzene rings is 7. The van der Waals surface area contributed by atoms with Gasteiger partial charge in [-0.15, -0.1) is 0 Å².